The zero-order chi connectivity index (χ0) is 15.8. The van der Waals surface area contributed by atoms with Crippen LogP contribution in [0.1, 0.15) is 43.0 Å². The first-order chi connectivity index (χ1) is 11.3. The fourth-order valence-corrected chi connectivity index (χ4v) is 3.19. The average molecular weight is 298 g/mol. The second-order valence-electron chi connectivity index (χ2n) is 5.70. The van der Waals surface area contributed by atoms with E-state index in [0.29, 0.717) is 28.7 Å². The van der Waals surface area contributed by atoms with Crippen molar-refractivity contribution in [1.82, 2.24) is 0 Å². The van der Waals surface area contributed by atoms with Crippen LogP contribution in [0.25, 0.3) is 0 Å². The Morgan fingerprint density at radius 3 is 2.26 bits per heavy atom. The number of benzene rings is 3. The SMILES string of the molecule is O=C(c1ccccc1)c1cccc2c1C(=O)c1ccccc1C2. The Bertz CT molecular complexity index is 924. The van der Waals surface area contributed by atoms with Crippen LogP contribution in [0.2, 0.25) is 0 Å². The first-order valence-electron chi connectivity index (χ1n) is 7.60. The predicted octanol–water partition coefficient (Wildman–Crippen LogP) is 4.05. The zero-order valence-corrected chi connectivity index (χ0v) is 12.5. The Hall–Kier alpha value is -3.00. The standard InChI is InChI=1S/C21H14O2/c22-20(14-7-2-1-3-8-14)18-12-6-10-16-13-15-9-4-5-11-17(15)21(23)19(16)18/h1-12H,13H2. The van der Waals surface area contributed by atoms with Crippen LogP contribution in [0, 0.1) is 0 Å². The van der Waals surface area contributed by atoms with Gasteiger partial charge in [0, 0.05) is 22.3 Å². The van der Waals surface area contributed by atoms with Gasteiger partial charge < -0.3 is 0 Å². The molecular weight excluding hydrogens is 284 g/mol. The molecule has 0 saturated carbocycles. The monoisotopic (exact) mass is 298 g/mol. The molecule has 0 aliphatic heterocycles. The van der Waals surface area contributed by atoms with Gasteiger partial charge in [0.25, 0.3) is 0 Å². The third-order valence-electron chi connectivity index (χ3n) is 4.30. The van der Waals surface area contributed by atoms with Gasteiger partial charge >= 0.3 is 0 Å². The lowest BCUT2D eigenvalue weighted by molar-refractivity contribution is 0.100. The highest BCUT2D eigenvalue weighted by Crippen LogP contribution is 2.30. The molecule has 0 amide bonds. The molecule has 0 N–H and O–H groups in total. The number of ketones is 2. The minimum absolute atomic E-state index is 0.0540. The van der Waals surface area contributed by atoms with E-state index in [1.807, 2.05) is 54.6 Å². The number of rotatable bonds is 2. The van der Waals surface area contributed by atoms with Crippen LogP contribution in [0.15, 0.2) is 72.8 Å². The van der Waals surface area contributed by atoms with Crippen molar-refractivity contribution in [3.8, 4) is 0 Å². The van der Waals surface area contributed by atoms with E-state index in [-0.39, 0.29) is 11.6 Å². The molecule has 0 bridgehead atoms. The smallest absolute Gasteiger partial charge is 0.194 e. The lowest BCUT2D eigenvalue weighted by Gasteiger charge is -2.20. The van der Waals surface area contributed by atoms with Gasteiger partial charge in [-0.1, -0.05) is 72.8 Å². The Balaban J connectivity index is 1.87. The van der Waals surface area contributed by atoms with Crippen molar-refractivity contribution in [2.24, 2.45) is 0 Å². The van der Waals surface area contributed by atoms with Crippen molar-refractivity contribution in [2.75, 3.05) is 0 Å². The molecule has 0 spiro atoms. The molecule has 0 fully saturated rings. The molecular formula is C21H14O2. The van der Waals surface area contributed by atoms with Gasteiger partial charge in [-0.3, -0.25) is 9.59 Å². The van der Waals surface area contributed by atoms with Crippen molar-refractivity contribution < 1.29 is 9.59 Å². The molecule has 1 aliphatic carbocycles. The van der Waals surface area contributed by atoms with E-state index in [0.717, 1.165) is 11.1 Å². The fourth-order valence-electron chi connectivity index (χ4n) is 3.19. The molecule has 0 atom stereocenters. The summed E-state index contributed by atoms with van der Waals surface area (Å²) < 4.78 is 0. The van der Waals surface area contributed by atoms with Gasteiger partial charge in [-0.05, 0) is 17.5 Å². The van der Waals surface area contributed by atoms with E-state index in [1.165, 1.54) is 0 Å². The van der Waals surface area contributed by atoms with Crippen LogP contribution < -0.4 is 0 Å². The van der Waals surface area contributed by atoms with E-state index in [2.05, 4.69) is 0 Å². The summed E-state index contributed by atoms with van der Waals surface area (Å²) in [7, 11) is 0. The highest BCUT2D eigenvalue weighted by atomic mass is 16.1. The molecule has 3 aromatic rings. The molecule has 0 heterocycles. The summed E-state index contributed by atoms with van der Waals surface area (Å²) in [5.41, 5.74) is 4.30. The van der Waals surface area contributed by atoms with E-state index < -0.39 is 0 Å². The fraction of sp³-hybridized carbons (Fsp3) is 0.0476. The van der Waals surface area contributed by atoms with Crippen LogP contribution in [0.4, 0.5) is 0 Å². The summed E-state index contributed by atoms with van der Waals surface area (Å²) in [6, 6.07) is 22.3. The lowest BCUT2D eigenvalue weighted by Crippen LogP contribution is -2.19. The van der Waals surface area contributed by atoms with Crippen LogP contribution in [-0.2, 0) is 6.42 Å². The summed E-state index contributed by atoms with van der Waals surface area (Å²) >= 11 is 0. The van der Waals surface area contributed by atoms with Crippen LogP contribution >= 0.6 is 0 Å². The summed E-state index contributed by atoms with van der Waals surface area (Å²) in [5.74, 6) is -0.156. The second-order valence-corrected chi connectivity index (χ2v) is 5.70. The molecule has 4 rings (SSSR count). The summed E-state index contributed by atoms with van der Waals surface area (Å²) in [4.78, 5) is 25.7. The highest BCUT2D eigenvalue weighted by Gasteiger charge is 2.27. The molecule has 2 heteroatoms. The first-order valence-corrected chi connectivity index (χ1v) is 7.60. The highest BCUT2D eigenvalue weighted by molar-refractivity contribution is 6.21. The van der Waals surface area contributed by atoms with Crippen LogP contribution in [0.5, 0.6) is 0 Å². The molecule has 0 aromatic heterocycles. The normalized spacial score (nSPS) is 12.4. The molecule has 0 unspecified atom stereocenters. The first kappa shape index (κ1) is 13.6. The topological polar surface area (TPSA) is 34.1 Å². The maximum Gasteiger partial charge on any atom is 0.194 e. The Morgan fingerprint density at radius 2 is 1.43 bits per heavy atom. The Labute approximate surface area is 134 Å². The molecule has 0 radical (unpaired) electrons. The average Bonchev–Trinajstić information content (AvgIpc) is 2.61. The van der Waals surface area contributed by atoms with E-state index >= 15 is 0 Å². The van der Waals surface area contributed by atoms with Gasteiger partial charge in [0.2, 0.25) is 0 Å². The van der Waals surface area contributed by atoms with Crippen molar-refractivity contribution in [3.63, 3.8) is 0 Å². The zero-order valence-electron chi connectivity index (χ0n) is 12.5. The van der Waals surface area contributed by atoms with E-state index in [9.17, 15) is 9.59 Å². The van der Waals surface area contributed by atoms with Gasteiger partial charge in [0.15, 0.2) is 11.6 Å². The molecule has 110 valence electrons. The molecule has 0 saturated heterocycles. The molecule has 23 heavy (non-hydrogen) atoms. The van der Waals surface area contributed by atoms with Gasteiger partial charge in [0.05, 0.1) is 0 Å². The van der Waals surface area contributed by atoms with Crippen molar-refractivity contribution in [2.45, 2.75) is 6.42 Å². The van der Waals surface area contributed by atoms with Crippen molar-refractivity contribution in [1.29, 1.82) is 0 Å². The van der Waals surface area contributed by atoms with E-state index in [4.69, 9.17) is 0 Å². The molecule has 2 nitrogen and oxygen atoms in total. The maximum atomic E-state index is 12.9. The van der Waals surface area contributed by atoms with Crippen molar-refractivity contribution >= 4 is 11.6 Å². The number of hydrogen-bond acceptors (Lipinski definition) is 2. The van der Waals surface area contributed by atoms with Gasteiger partial charge in [-0.15, -0.1) is 0 Å². The lowest BCUT2D eigenvalue weighted by atomic mass is 9.81. The van der Waals surface area contributed by atoms with Crippen LogP contribution in [-0.4, -0.2) is 11.6 Å². The van der Waals surface area contributed by atoms with Gasteiger partial charge in [-0.25, -0.2) is 0 Å². The number of carbonyl (C=O) groups excluding carboxylic acids is 2. The molecule has 1 aliphatic rings. The third kappa shape index (κ3) is 2.20. The summed E-state index contributed by atoms with van der Waals surface area (Å²) in [5, 5.41) is 0. The quantitative estimate of drug-likeness (QED) is 0.523. The minimum Gasteiger partial charge on any atom is -0.289 e. The van der Waals surface area contributed by atoms with E-state index in [1.54, 1.807) is 18.2 Å². The molecule has 3 aromatic carbocycles. The van der Waals surface area contributed by atoms with Crippen LogP contribution in [0.3, 0.4) is 0 Å². The largest absolute Gasteiger partial charge is 0.289 e. The predicted molar refractivity (Wildman–Crippen MR) is 89.0 cm³/mol. The summed E-state index contributed by atoms with van der Waals surface area (Å²) in [6.07, 6.45) is 0.688. The number of hydrogen-bond donors (Lipinski definition) is 0. The Morgan fingerprint density at radius 1 is 0.739 bits per heavy atom. The minimum atomic E-state index is -0.102. The second kappa shape index (κ2) is 5.33. The van der Waals surface area contributed by atoms with Crippen molar-refractivity contribution in [3.05, 3.63) is 106 Å². The number of fused-ring (bicyclic) bond motifs is 2. The maximum absolute atomic E-state index is 12.9. The Kier molecular flexibility index (Phi) is 3.16. The van der Waals surface area contributed by atoms with Gasteiger partial charge in [-0.2, -0.15) is 0 Å². The summed E-state index contributed by atoms with van der Waals surface area (Å²) in [6.45, 7) is 0. The number of carbonyl (C=O) groups is 2. The third-order valence-corrected chi connectivity index (χ3v) is 4.30. The van der Waals surface area contributed by atoms with Gasteiger partial charge in [0.1, 0.15) is 0 Å².